The third-order valence-corrected chi connectivity index (χ3v) is 11.6. The van der Waals surface area contributed by atoms with Gasteiger partial charge in [0.25, 0.3) is 0 Å². The van der Waals surface area contributed by atoms with Crippen molar-refractivity contribution < 1.29 is 52.8 Å². The SMILES string of the molecule is CCC(C)(C)C(=O)OCC(C)OC(=O)c1ccc2ccccc2c1.CCC(C)(C)C(=O)OCC(O)COC(=O)c1ccc2ccccc2c1.CCC(C)COC(=O)c1ccc2ccccc2c1. The first kappa shape index (κ1) is 53.0. The maximum absolute atomic E-state index is 12.2. The smallest absolute Gasteiger partial charge is 0.338 e. The van der Waals surface area contributed by atoms with Gasteiger partial charge in [0.2, 0.25) is 0 Å². The molecule has 11 heteroatoms. The highest BCUT2D eigenvalue weighted by Crippen LogP contribution is 2.24. The molecule has 0 spiro atoms. The first-order valence-electron chi connectivity index (χ1n) is 22.9. The molecule has 3 unspecified atom stereocenters. The molecule has 67 heavy (non-hydrogen) atoms. The van der Waals surface area contributed by atoms with Gasteiger partial charge in [-0.2, -0.15) is 0 Å². The standard InChI is InChI=1S/C20H24O5.C20H24O4.C16H18O2/c1-4-20(2,3)19(23)25-13-17(21)12-24-18(22)16-10-9-14-7-5-6-8-15(14)11-16;1-5-20(3,4)19(22)23-13-14(2)24-18(21)17-11-10-15-8-6-7-9-16(15)12-17;1-3-12(2)11-18-16(17)15-9-8-13-6-4-5-7-14(13)10-15/h5-11,17,21H,4,12-13H2,1-3H3;6-12,14H,5,13H2,1-4H3;4-10,12H,3,11H2,1-2H3. The summed E-state index contributed by atoms with van der Waals surface area (Å²) in [6.45, 7) is 17.1. The zero-order valence-corrected chi connectivity index (χ0v) is 40.3. The van der Waals surface area contributed by atoms with E-state index in [-0.39, 0.29) is 37.7 Å². The third kappa shape index (κ3) is 16.4. The van der Waals surface area contributed by atoms with Crippen LogP contribution in [-0.2, 0) is 33.3 Å². The van der Waals surface area contributed by atoms with E-state index in [1.165, 1.54) is 0 Å². The fraction of sp³-hybridized carbons (Fsp3) is 0.375. The molecule has 6 aromatic carbocycles. The molecule has 11 nitrogen and oxygen atoms in total. The van der Waals surface area contributed by atoms with E-state index in [9.17, 15) is 29.1 Å². The van der Waals surface area contributed by atoms with E-state index in [4.69, 9.17) is 23.7 Å². The second-order valence-corrected chi connectivity index (χ2v) is 17.9. The fourth-order valence-corrected chi connectivity index (χ4v) is 6.00. The van der Waals surface area contributed by atoms with Crippen molar-refractivity contribution in [2.45, 2.75) is 93.8 Å². The van der Waals surface area contributed by atoms with Crippen LogP contribution in [0.15, 0.2) is 127 Å². The Bertz CT molecular complexity index is 2590. The number of fused-ring (bicyclic) bond motifs is 3. The largest absolute Gasteiger partial charge is 0.462 e. The normalized spacial score (nSPS) is 12.6. The van der Waals surface area contributed by atoms with Gasteiger partial charge in [0.1, 0.15) is 32.0 Å². The van der Waals surface area contributed by atoms with Gasteiger partial charge in [0.15, 0.2) is 0 Å². The van der Waals surface area contributed by atoms with Crippen LogP contribution in [0, 0.1) is 16.7 Å². The van der Waals surface area contributed by atoms with Crippen LogP contribution in [0.2, 0.25) is 0 Å². The van der Waals surface area contributed by atoms with Crippen LogP contribution in [0.25, 0.3) is 32.3 Å². The van der Waals surface area contributed by atoms with Crippen molar-refractivity contribution in [1.29, 1.82) is 0 Å². The minimum absolute atomic E-state index is 0.0571. The first-order chi connectivity index (χ1) is 31.9. The number of hydrogen-bond acceptors (Lipinski definition) is 11. The molecule has 0 amide bonds. The number of aliphatic hydroxyl groups is 1. The summed E-state index contributed by atoms with van der Waals surface area (Å²) in [5, 5.41) is 16.1. The van der Waals surface area contributed by atoms with Gasteiger partial charge in [0, 0.05) is 0 Å². The highest BCUT2D eigenvalue weighted by molar-refractivity contribution is 5.97. The number of aliphatic hydroxyl groups excluding tert-OH is 1. The van der Waals surface area contributed by atoms with Crippen LogP contribution in [-0.4, -0.2) is 73.6 Å². The molecule has 0 heterocycles. The maximum atomic E-state index is 12.2. The molecular formula is C56H66O11. The van der Waals surface area contributed by atoms with Gasteiger partial charge >= 0.3 is 29.8 Å². The lowest BCUT2D eigenvalue weighted by Crippen LogP contribution is -2.31. The molecule has 3 atom stereocenters. The second kappa shape index (κ2) is 25.4. The van der Waals surface area contributed by atoms with Crippen molar-refractivity contribution >= 4 is 62.2 Å². The summed E-state index contributed by atoms with van der Waals surface area (Å²) in [6, 6.07) is 39.9. The quantitative estimate of drug-likeness (QED) is 0.0687. The monoisotopic (exact) mass is 914 g/mol. The molecule has 1 N–H and O–H groups in total. The summed E-state index contributed by atoms with van der Waals surface area (Å²) in [6.07, 6.45) is 0.794. The number of hydrogen-bond donors (Lipinski definition) is 1. The highest BCUT2D eigenvalue weighted by atomic mass is 16.6. The van der Waals surface area contributed by atoms with E-state index in [0.717, 1.165) is 38.7 Å². The summed E-state index contributed by atoms with van der Waals surface area (Å²) in [5.41, 5.74) is 0.400. The lowest BCUT2D eigenvalue weighted by atomic mass is 9.91. The topological polar surface area (TPSA) is 152 Å². The molecule has 0 saturated carbocycles. The molecule has 6 rings (SSSR count). The molecule has 0 aliphatic heterocycles. The van der Waals surface area contributed by atoms with Gasteiger partial charge in [-0.1, -0.05) is 125 Å². The highest BCUT2D eigenvalue weighted by Gasteiger charge is 2.29. The van der Waals surface area contributed by atoms with Gasteiger partial charge in [-0.15, -0.1) is 0 Å². The van der Waals surface area contributed by atoms with E-state index >= 15 is 0 Å². The number of carbonyl (C=O) groups is 5. The van der Waals surface area contributed by atoms with Gasteiger partial charge in [0.05, 0.1) is 34.1 Å². The Balaban J connectivity index is 0.000000222. The molecule has 0 radical (unpaired) electrons. The van der Waals surface area contributed by atoms with Crippen molar-refractivity contribution in [2.24, 2.45) is 16.7 Å². The van der Waals surface area contributed by atoms with Crippen LogP contribution in [0.4, 0.5) is 0 Å². The van der Waals surface area contributed by atoms with Crippen LogP contribution in [0.1, 0.15) is 113 Å². The predicted molar refractivity (Wildman–Crippen MR) is 263 cm³/mol. The Labute approximate surface area is 394 Å². The third-order valence-electron chi connectivity index (χ3n) is 11.6. The lowest BCUT2D eigenvalue weighted by molar-refractivity contribution is -0.158. The summed E-state index contributed by atoms with van der Waals surface area (Å²) in [7, 11) is 0. The average molecular weight is 915 g/mol. The van der Waals surface area contributed by atoms with Gasteiger partial charge in [-0.3, -0.25) is 9.59 Å². The average Bonchev–Trinajstić information content (AvgIpc) is 3.35. The number of esters is 5. The number of rotatable bonds is 17. The van der Waals surface area contributed by atoms with Crippen molar-refractivity contribution in [3.05, 3.63) is 144 Å². The molecule has 0 aliphatic carbocycles. The molecule has 356 valence electrons. The number of benzene rings is 6. The van der Waals surface area contributed by atoms with E-state index in [2.05, 4.69) is 13.8 Å². The van der Waals surface area contributed by atoms with E-state index in [1.807, 2.05) is 131 Å². The first-order valence-corrected chi connectivity index (χ1v) is 22.9. The summed E-state index contributed by atoms with van der Waals surface area (Å²) in [5.74, 6) is -1.42. The molecule has 6 aromatic rings. The Morgan fingerprint density at radius 1 is 0.463 bits per heavy atom. The van der Waals surface area contributed by atoms with Crippen LogP contribution in [0.5, 0.6) is 0 Å². The second-order valence-electron chi connectivity index (χ2n) is 17.9. The van der Waals surface area contributed by atoms with Crippen LogP contribution >= 0.6 is 0 Å². The summed E-state index contributed by atoms with van der Waals surface area (Å²) >= 11 is 0. The van der Waals surface area contributed by atoms with Crippen molar-refractivity contribution in [3.8, 4) is 0 Å². The number of ether oxygens (including phenoxy) is 5. The Morgan fingerprint density at radius 2 is 0.806 bits per heavy atom. The van der Waals surface area contributed by atoms with Gasteiger partial charge in [-0.25, -0.2) is 14.4 Å². The predicted octanol–water partition coefficient (Wildman–Crippen LogP) is 11.7. The molecule has 0 bridgehead atoms. The summed E-state index contributed by atoms with van der Waals surface area (Å²) < 4.78 is 26.1. The minimum atomic E-state index is -1.05. The molecular weight excluding hydrogens is 849 g/mol. The Kier molecular flexibility index (Phi) is 20.1. The van der Waals surface area contributed by atoms with Crippen LogP contribution < -0.4 is 0 Å². The van der Waals surface area contributed by atoms with Crippen molar-refractivity contribution in [2.75, 3.05) is 26.4 Å². The maximum Gasteiger partial charge on any atom is 0.338 e. The molecule has 0 saturated heterocycles. The van der Waals surface area contributed by atoms with Crippen LogP contribution in [0.3, 0.4) is 0 Å². The van der Waals surface area contributed by atoms with E-state index < -0.39 is 35.0 Å². The number of carbonyl (C=O) groups excluding carboxylic acids is 5. The van der Waals surface area contributed by atoms with Crippen molar-refractivity contribution in [3.63, 3.8) is 0 Å². The Morgan fingerprint density at radius 3 is 1.19 bits per heavy atom. The fourth-order valence-electron chi connectivity index (χ4n) is 6.00. The van der Waals surface area contributed by atoms with E-state index in [0.29, 0.717) is 42.1 Å². The zero-order chi connectivity index (χ0) is 49.1. The minimum Gasteiger partial charge on any atom is -0.462 e. The Hall–Kier alpha value is -6.59. The lowest BCUT2D eigenvalue weighted by Gasteiger charge is -2.22. The van der Waals surface area contributed by atoms with Gasteiger partial charge in [-0.05, 0) is 122 Å². The van der Waals surface area contributed by atoms with Crippen molar-refractivity contribution in [1.82, 2.24) is 0 Å². The van der Waals surface area contributed by atoms with E-state index in [1.54, 1.807) is 45.0 Å². The summed E-state index contributed by atoms with van der Waals surface area (Å²) in [4.78, 5) is 60.0. The van der Waals surface area contributed by atoms with Gasteiger partial charge < -0.3 is 28.8 Å². The zero-order valence-electron chi connectivity index (χ0n) is 40.3. The molecule has 0 aromatic heterocycles. The molecule has 0 fully saturated rings. The molecule has 0 aliphatic rings.